The number of rotatable bonds is 7. The van der Waals surface area contributed by atoms with E-state index in [2.05, 4.69) is 60.6 Å². The van der Waals surface area contributed by atoms with Gasteiger partial charge in [-0.1, -0.05) is 55.0 Å². The monoisotopic (exact) mass is 289 g/mol. The summed E-state index contributed by atoms with van der Waals surface area (Å²) in [6.07, 6.45) is 3.07. The van der Waals surface area contributed by atoms with Gasteiger partial charge in [0.25, 0.3) is 0 Å². The van der Waals surface area contributed by atoms with Crippen molar-refractivity contribution >= 4 is 11.3 Å². The van der Waals surface area contributed by atoms with Gasteiger partial charge in [0, 0.05) is 6.42 Å². The van der Waals surface area contributed by atoms with Crippen LogP contribution in [0.25, 0.3) is 0 Å². The molecule has 108 valence electrons. The molecule has 0 saturated heterocycles. The first-order valence-corrected chi connectivity index (χ1v) is 8.15. The van der Waals surface area contributed by atoms with Gasteiger partial charge in [-0.3, -0.25) is 0 Å². The molecule has 0 amide bonds. The summed E-state index contributed by atoms with van der Waals surface area (Å²) in [5.41, 5.74) is 2.68. The number of benzene rings is 1. The fourth-order valence-electron chi connectivity index (χ4n) is 2.17. The van der Waals surface area contributed by atoms with Crippen molar-refractivity contribution < 1.29 is 0 Å². The average Bonchev–Trinajstić information content (AvgIpc) is 2.93. The van der Waals surface area contributed by atoms with Crippen molar-refractivity contribution in [3.63, 3.8) is 0 Å². The van der Waals surface area contributed by atoms with Crippen LogP contribution in [0.3, 0.4) is 0 Å². The number of nitrogens with one attached hydrogen (secondary N) is 1. The van der Waals surface area contributed by atoms with Crippen molar-refractivity contribution in [2.45, 2.75) is 46.1 Å². The van der Waals surface area contributed by atoms with E-state index >= 15 is 0 Å². The quantitative estimate of drug-likeness (QED) is 0.844. The third kappa shape index (κ3) is 4.12. The summed E-state index contributed by atoms with van der Waals surface area (Å²) in [7, 11) is 0. The van der Waals surface area contributed by atoms with Crippen LogP contribution < -0.4 is 5.32 Å². The molecule has 0 spiro atoms. The second-order valence-corrected chi connectivity index (χ2v) is 6.13. The zero-order valence-corrected chi connectivity index (χ0v) is 13.3. The minimum Gasteiger partial charge on any atom is -0.308 e. The highest BCUT2D eigenvalue weighted by atomic mass is 32.1. The van der Waals surface area contributed by atoms with E-state index in [4.69, 9.17) is 0 Å². The molecule has 0 radical (unpaired) electrons. The van der Waals surface area contributed by atoms with E-state index in [-0.39, 0.29) is 0 Å². The zero-order chi connectivity index (χ0) is 14.4. The van der Waals surface area contributed by atoms with Gasteiger partial charge >= 0.3 is 0 Å². The summed E-state index contributed by atoms with van der Waals surface area (Å²) in [6, 6.07) is 9.08. The highest BCUT2D eigenvalue weighted by molar-refractivity contribution is 7.11. The van der Waals surface area contributed by atoms with Crippen LogP contribution in [0.2, 0.25) is 0 Å². The van der Waals surface area contributed by atoms with Crippen LogP contribution in [-0.4, -0.2) is 16.7 Å². The molecule has 3 nitrogen and oxygen atoms in total. The fourth-order valence-corrected chi connectivity index (χ4v) is 3.17. The summed E-state index contributed by atoms with van der Waals surface area (Å²) in [5, 5.41) is 14.4. The first kappa shape index (κ1) is 15.1. The standard InChI is InChI=1S/C16H23N3S/c1-4-14(17-5-2)16-19-18-15(20-16)11-10-13-8-6-12(3)7-9-13/h6-9,14,17H,4-5,10-11H2,1-3H3. The van der Waals surface area contributed by atoms with Crippen LogP contribution in [-0.2, 0) is 12.8 Å². The van der Waals surface area contributed by atoms with Gasteiger partial charge in [-0.15, -0.1) is 10.2 Å². The van der Waals surface area contributed by atoms with Crippen LogP contribution in [0.5, 0.6) is 0 Å². The lowest BCUT2D eigenvalue weighted by Crippen LogP contribution is -2.19. The molecule has 1 N–H and O–H groups in total. The topological polar surface area (TPSA) is 37.8 Å². The van der Waals surface area contributed by atoms with Crippen molar-refractivity contribution in [1.82, 2.24) is 15.5 Å². The summed E-state index contributed by atoms with van der Waals surface area (Å²) in [5.74, 6) is 0. The summed E-state index contributed by atoms with van der Waals surface area (Å²) in [4.78, 5) is 0. The Balaban J connectivity index is 1.93. The first-order valence-electron chi connectivity index (χ1n) is 7.34. The minimum absolute atomic E-state index is 0.352. The van der Waals surface area contributed by atoms with E-state index in [0.717, 1.165) is 35.8 Å². The Bertz CT molecular complexity index is 519. The van der Waals surface area contributed by atoms with E-state index < -0.39 is 0 Å². The Hall–Kier alpha value is -1.26. The smallest absolute Gasteiger partial charge is 0.134 e. The molecule has 0 aliphatic rings. The predicted molar refractivity (Wildman–Crippen MR) is 85.2 cm³/mol. The maximum absolute atomic E-state index is 4.34. The van der Waals surface area contributed by atoms with Gasteiger partial charge < -0.3 is 5.32 Å². The Morgan fingerprint density at radius 3 is 2.50 bits per heavy atom. The Kier molecular flexibility index (Phi) is 5.68. The normalized spacial score (nSPS) is 12.6. The SMILES string of the molecule is CCNC(CC)c1nnc(CCc2ccc(C)cc2)s1. The van der Waals surface area contributed by atoms with E-state index in [1.54, 1.807) is 11.3 Å². The number of nitrogens with zero attached hydrogens (tertiary/aromatic N) is 2. The molecule has 1 aromatic heterocycles. The molecule has 0 fully saturated rings. The van der Waals surface area contributed by atoms with E-state index in [1.807, 2.05) is 0 Å². The van der Waals surface area contributed by atoms with Gasteiger partial charge in [0.2, 0.25) is 0 Å². The van der Waals surface area contributed by atoms with Crippen molar-refractivity contribution in [3.05, 3.63) is 45.4 Å². The highest BCUT2D eigenvalue weighted by Crippen LogP contribution is 2.21. The molecule has 0 saturated carbocycles. The summed E-state index contributed by atoms with van der Waals surface area (Å²) < 4.78 is 0. The molecule has 1 unspecified atom stereocenters. The van der Waals surface area contributed by atoms with Gasteiger partial charge in [-0.05, 0) is 31.9 Å². The lowest BCUT2D eigenvalue weighted by atomic mass is 10.1. The third-order valence-electron chi connectivity index (χ3n) is 3.39. The lowest BCUT2D eigenvalue weighted by molar-refractivity contribution is 0.530. The molecule has 1 atom stereocenters. The second-order valence-electron chi connectivity index (χ2n) is 5.04. The molecule has 0 aliphatic carbocycles. The van der Waals surface area contributed by atoms with Crippen LogP contribution in [0, 0.1) is 6.92 Å². The van der Waals surface area contributed by atoms with Gasteiger partial charge in [0.1, 0.15) is 10.0 Å². The van der Waals surface area contributed by atoms with Gasteiger partial charge in [0.05, 0.1) is 6.04 Å². The van der Waals surface area contributed by atoms with Crippen molar-refractivity contribution in [2.24, 2.45) is 0 Å². The van der Waals surface area contributed by atoms with Gasteiger partial charge in [0.15, 0.2) is 0 Å². The van der Waals surface area contributed by atoms with Crippen molar-refractivity contribution in [3.8, 4) is 0 Å². The molecular weight excluding hydrogens is 266 g/mol. The molecule has 20 heavy (non-hydrogen) atoms. The van der Waals surface area contributed by atoms with Crippen LogP contribution >= 0.6 is 11.3 Å². The number of hydrogen-bond acceptors (Lipinski definition) is 4. The van der Waals surface area contributed by atoms with E-state index in [0.29, 0.717) is 6.04 Å². The first-order chi connectivity index (χ1) is 9.72. The molecule has 2 rings (SSSR count). The minimum atomic E-state index is 0.352. The Labute approximate surface area is 125 Å². The molecule has 2 aromatic rings. The zero-order valence-electron chi connectivity index (χ0n) is 12.5. The Morgan fingerprint density at radius 2 is 1.85 bits per heavy atom. The van der Waals surface area contributed by atoms with Crippen molar-refractivity contribution in [1.29, 1.82) is 0 Å². The van der Waals surface area contributed by atoms with Gasteiger partial charge in [-0.2, -0.15) is 0 Å². The average molecular weight is 289 g/mol. The number of hydrogen-bond donors (Lipinski definition) is 1. The molecule has 4 heteroatoms. The second kappa shape index (κ2) is 7.50. The molecule has 0 bridgehead atoms. The molecule has 0 aliphatic heterocycles. The van der Waals surface area contributed by atoms with Crippen molar-refractivity contribution in [2.75, 3.05) is 6.54 Å². The van der Waals surface area contributed by atoms with Crippen LogP contribution in [0.1, 0.15) is 47.5 Å². The lowest BCUT2D eigenvalue weighted by Gasteiger charge is -2.10. The Morgan fingerprint density at radius 1 is 1.10 bits per heavy atom. The largest absolute Gasteiger partial charge is 0.308 e. The molecular formula is C16H23N3S. The van der Waals surface area contributed by atoms with Crippen LogP contribution in [0.4, 0.5) is 0 Å². The molecule has 1 heterocycles. The summed E-state index contributed by atoms with van der Waals surface area (Å²) in [6.45, 7) is 7.39. The fraction of sp³-hybridized carbons (Fsp3) is 0.500. The third-order valence-corrected chi connectivity index (χ3v) is 4.48. The van der Waals surface area contributed by atoms with E-state index in [1.165, 1.54) is 11.1 Å². The maximum Gasteiger partial charge on any atom is 0.134 e. The summed E-state index contributed by atoms with van der Waals surface area (Å²) >= 11 is 1.74. The molecule has 1 aromatic carbocycles. The maximum atomic E-state index is 4.34. The van der Waals surface area contributed by atoms with Gasteiger partial charge in [-0.25, -0.2) is 0 Å². The van der Waals surface area contributed by atoms with Crippen LogP contribution in [0.15, 0.2) is 24.3 Å². The number of aryl methyl sites for hydroxylation is 3. The predicted octanol–water partition coefficient (Wildman–Crippen LogP) is 3.69. The highest BCUT2D eigenvalue weighted by Gasteiger charge is 2.13. The van der Waals surface area contributed by atoms with E-state index in [9.17, 15) is 0 Å². The number of aromatic nitrogens is 2.